The van der Waals surface area contributed by atoms with Crippen LogP contribution >= 0.6 is 0 Å². The van der Waals surface area contributed by atoms with Crippen LogP contribution in [0.3, 0.4) is 0 Å². The number of nitrogens with zero attached hydrogens (tertiary/aromatic N) is 1. The summed E-state index contributed by atoms with van der Waals surface area (Å²) in [7, 11) is 1.37. The van der Waals surface area contributed by atoms with Gasteiger partial charge in [-0.05, 0) is 32.1 Å². The smallest absolute Gasteiger partial charge is 0.307 e. The number of hydrogen-bond acceptors (Lipinski definition) is 3. The molecule has 0 aromatic carbocycles. The van der Waals surface area contributed by atoms with Crippen LogP contribution in [0.5, 0.6) is 0 Å². The first-order valence-corrected chi connectivity index (χ1v) is 6.63. The third-order valence-corrected chi connectivity index (χ3v) is 3.35. The number of carbonyl (C=O) groups excluding carboxylic acids is 2. The minimum Gasteiger partial charge on any atom is -0.469 e. The molecule has 4 heteroatoms. The van der Waals surface area contributed by atoms with Crippen molar-refractivity contribution in [3.8, 4) is 0 Å². The maximum absolute atomic E-state index is 11.5. The molecule has 0 fully saturated rings. The number of amides is 1. The molecule has 4 nitrogen and oxygen atoms in total. The van der Waals surface area contributed by atoms with Gasteiger partial charge in [-0.3, -0.25) is 9.59 Å². The van der Waals surface area contributed by atoms with Crippen molar-refractivity contribution in [3.63, 3.8) is 0 Å². The first-order chi connectivity index (χ1) is 8.63. The van der Waals surface area contributed by atoms with Gasteiger partial charge in [-0.15, -0.1) is 0 Å². The lowest BCUT2D eigenvalue weighted by Crippen LogP contribution is -2.32. The van der Waals surface area contributed by atoms with Gasteiger partial charge in [0, 0.05) is 20.0 Å². The van der Waals surface area contributed by atoms with Gasteiger partial charge in [-0.2, -0.15) is 0 Å². The SMILES string of the molecule is COC(=O)CCN(CCC1=CCCCC1)C(C)=O. The van der Waals surface area contributed by atoms with Crippen LogP contribution in [0.4, 0.5) is 0 Å². The summed E-state index contributed by atoms with van der Waals surface area (Å²) in [6.45, 7) is 2.71. The minimum absolute atomic E-state index is 0.0234. The minimum atomic E-state index is -0.266. The topological polar surface area (TPSA) is 46.6 Å². The number of esters is 1. The maximum Gasteiger partial charge on any atom is 0.307 e. The van der Waals surface area contributed by atoms with E-state index in [-0.39, 0.29) is 18.3 Å². The molecule has 0 radical (unpaired) electrons. The van der Waals surface area contributed by atoms with Gasteiger partial charge in [-0.25, -0.2) is 0 Å². The Balaban J connectivity index is 2.35. The third kappa shape index (κ3) is 5.34. The van der Waals surface area contributed by atoms with Crippen molar-refractivity contribution in [2.24, 2.45) is 0 Å². The molecule has 1 rings (SSSR count). The number of hydrogen-bond donors (Lipinski definition) is 0. The summed E-state index contributed by atoms with van der Waals surface area (Å²) in [5.74, 6) is -0.242. The van der Waals surface area contributed by atoms with E-state index < -0.39 is 0 Å². The molecule has 0 aliphatic heterocycles. The van der Waals surface area contributed by atoms with Crippen molar-refractivity contribution in [3.05, 3.63) is 11.6 Å². The third-order valence-electron chi connectivity index (χ3n) is 3.35. The lowest BCUT2D eigenvalue weighted by Gasteiger charge is -2.22. The fourth-order valence-electron chi connectivity index (χ4n) is 2.17. The van der Waals surface area contributed by atoms with Crippen molar-refractivity contribution in [2.75, 3.05) is 20.2 Å². The fraction of sp³-hybridized carbons (Fsp3) is 0.714. The molecule has 0 atom stereocenters. The lowest BCUT2D eigenvalue weighted by atomic mass is 9.97. The van der Waals surface area contributed by atoms with Crippen molar-refractivity contribution >= 4 is 11.9 Å². The van der Waals surface area contributed by atoms with E-state index in [4.69, 9.17) is 0 Å². The Morgan fingerprint density at radius 3 is 2.67 bits per heavy atom. The van der Waals surface area contributed by atoms with Crippen LogP contribution < -0.4 is 0 Å². The van der Waals surface area contributed by atoms with Crippen LogP contribution in [0.1, 0.15) is 45.4 Å². The maximum atomic E-state index is 11.5. The molecule has 0 spiro atoms. The molecular weight excluding hydrogens is 230 g/mol. The first-order valence-electron chi connectivity index (χ1n) is 6.63. The fourth-order valence-corrected chi connectivity index (χ4v) is 2.17. The number of rotatable bonds is 6. The predicted octanol–water partition coefficient (Wildman–Crippen LogP) is 2.29. The quantitative estimate of drug-likeness (QED) is 0.539. The highest BCUT2D eigenvalue weighted by Gasteiger charge is 2.12. The molecule has 0 N–H and O–H groups in total. The summed E-state index contributed by atoms with van der Waals surface area (Å²) in [4.78, 5) is 24.3. The van der Waals surface area contributed by atoms with E-state index in [1.165, 1.54) is 25.5 Å². The van der Waals surface area contributed by atoms with E-state index in [0.29, 0.717) is 13.1 Å². The molecule has 0 aromatic rings. The van der Waals surface area contributed by atoms with Crippen LogP contribution in [0.25, 0.3) is 0 Å². The molecular formula is C14H23NO3. The molecule has 0 unspecified atom stereocenters. The number of ether oxygens (including phenoxy) is 1. The summed E-state index contributed by atoms with van der Waals surface area (Å²) in [5.41, 5.74) is 1.45. The molecule has 0 bridgehead atoms. The Labute approximate surface area is 109 Å². The lowest BCUT2D eigenvalue weighted by molar-refractivity contribution is -0.141. The molecule has 18 heavy (non-hydrogen) atoms. The van der Waals surface area contributed by atoms with Gasteiger partial charge in [0.05, 0.1) is 13.5 Å². The Bertz CT molecular complexity index is 323. The van der Waals surface area contributed by atoms with Gasteiger partial charge in [-0.1, -0.05) is 11.6 Å². The second-order valence-electron chi connectivity index (χ2n) is 4.69. The van der Waals surface area contributed by atoms with E-state index in [9.17, 15) is 9.59 Å². The van der Waals surface area contributed by atoms with Gasteiger partial charge in [0.25, 0.3) is 0 Å². The highest BCUT2D eigenvalue weighted by atomic mass is 16.5. The Morgan fingerprint density at radius 1 is 1.33 bits per heavy atom. The Kier molecular flexibility index (Phi) is 6.47. The van der Waals surface area contributed by atoms with Gasteiger partial charge >= 0.3 is 5.97 Å². The van der Waals surface area contributed by atoms with Gasteiger partial charge in [0.2, 0.25) is 5.91 Å². The zero-order valence-corrected chi connectivity index (χ0v) is 11.4. The zero-order chi connectivity index (χ0) is 13.4. The molecule has 0 heterocycles. The summed E-state index contributed by atoms with van der Waals surface area (Å²) in [6, 6.07) is 0. The van der Waals surface area contributed by atoms with E-state index in [0.717, 1.165) is 19.3 Å². The summed E-state index contributed by atoms with van der Waals surface area (Å²) in [5, 5.41) is 0. The van der Waals surface area contributed by atoms with Crippen molar-refractivity contribution < 1.29 is 14.3 Å². The summed E-state index contributed by atoms with van der Waals surface area (Å²) < 4.78 is 4.59. The molecule has 1 aliphatic rings. The monoisotopic (exact) mass is 253 g/mol. The second kappa shape index (κ2) is 7.90. The second-order valence-corrected chi connectivity index (χ2v) is 4.69. The average molecular weight is 253 g/mol. The molecule has 102 valence electrons. The molecule has 0 saturated carbocycles. The standard InChI is InChI=1S/C14H23NO3/c1-12(16)15(11-9-14(17)18-2)10-8-13-6-4-3-5-7-13/h6H,3-5,7-11H2,1-2H3. The summed E-state index contributed by atoms with van der Waals surface area (Å²) in [6.07, 6.45) is 8.36. The van der Waals surface area contributed by atoms with Crippen LogP contribution in [0.2, 0.25) is 0 Å². The number of methoxy groups -OCH3 is 1. The zero-order valence-electron chi connectivity index (χ0n) is 11.4. The number of allylic oxidation sites excluding steroid dienone is 1. The molecule has 0 saturated heterocycles. The van der Waals surface area contributed by atoms with Crippen LogP contribution in [0.15, 0.2) is 11.6 Å². The van der Waals surface area contributed by atoms with E-state index >= 15 is 0 Å². The molecule has 0 aromatic heterocycles. The highest BCUT2D eigenvalue weighted by molar-refractivity contribution is 5.74. The van der Waals surface area contributed by atoms with E-state index in [1.807, 2.05) is 0 Å². The molecule has 1 amide bonds. The van der Waals surface area contributed by atoms with E-state index in [2.05, 4.69) is 10.8 Å². The van der Waals surface area contributed by atoms with Gasteiger partial charge in [0.1, 0.15) is 0 Å². The van der Waals surface area contributed by atoms with Crippen LogP contribution in [-0.4, -0.2) is 37.0 Å². The van der Waals surface area contributed by atoms with Crippen molar-refractivity contribution in [1.82, 2.24) is 4.90 Å². The highest BCUT2D eigenvalue weighted by Crippen LogP contribution is 2.20. The summed E-state index contributed by atoms with van der Waals surface area (Å²) >= 11 is 0. The average Bonchev–Trinajstić information content (AvgIpc) is 2.39. The molecule has 1 aliphatic carbocycles. The normalized spacial score (nSPS) is 14.9. The first kappa shape index (κ1) is 14.7. The van der Waals surface area contributed by atoms with Crippen LogP contribution in [-0.2, 0) is 14.3 Å². The Hall–Kier alpha value is -1.32. The number of carbonyl (C=O) groups is 2. The van der Waals surface area contributed by atoms with Gasteiger partial charge in [0.15, 0.2) is 0 Å². The van der Waals surface area contributed by atoms with Crippen LogP contribution in [0, 0.1) is 0 Å². The predicted molar refractivity (Wildman–Crippen MR) is 70.1 cm³/mol. The van der Waals surface area contributed by atoms with Crippen molar-refractivity contribution in [2.45, 2.75) is 45.4 Å². The van der Waals surface area contributed by atoms with Crippen molar-refractivity contribution in [1.29, 1.82) is 0 Å². The van der Waals surface area contributed by atoms with Gasteiger partial charge < -0.3 is 9.64 Å². The van der Waals surface area contributed by atoms with E-state index in [1.54, 1.807) is 11.8 Å². The Morgan fingerprint density at radius 2 is 2.11 bits per heavy atom. The largest absolute Gasteiger partial charge is 0.469 e.